The second-order valence-corrected chi connectivity index (χ2v) is 5.17. The highest BCUT2D eigenvalue weighted by Crippen LogP contribution is 2.35. The summed E-state index contributed by atoms with van der Waals surface area (Å²) >= 11 is 1.71. The van der Waals surface area contributed by atoms with Gasteiger partial charge in [0.05, 0.1) is 5.56 Å². The number of alkyl halides is 3. The van der Waals surface area contributed by atoms with Crippen molar-refractivity contribution in [2.45, 2.75) is 18.6 Å². The van der Waals surface area contributed by atoms with Crippen molar-refractivity contribution < 1.29 is 13.2 Å². The molecule has 2 rings (SSSR count). The van der Waals surface area contributed by atoms with E-state index in [9.17, 15) is 13.2 Å². The molecule has 1 aliphatic rings. The molecule has 1 fully saturated rings. The second kappa shape index (κ2) is 5.31. The van der Waals surface area contributed by atoms with Gasteiger partial charge in [-0.3, -0.25) is 0 Å². The highest BCUT2D eigenvalue weighted by atomic mass is 32.2. The van der Waals surface area contributed by atoms with Crippen LogP contribution in [0.4, 0.5) is 13.2 Å². The lowest BCUT2D eigenvalue weighted by Gasteiger charge is -2.20. The van der Waals surface area contributed by atoms with Crippen LogP contribution < -0.4 is 5.32 Å². The van der Waals surface area contributed by atoms with Crippen LogP contribution in [0.15, 0.2) is 24.3 Å². The Kier molecular flexibility index (Phi) is 3.99. The first-order valence-electron chi connectivity index (χ1n) is 5.56. The molecular formula is C12H14F3NS. The van der Waals surface area contributed by atoms with Crippen molar-refractivity contribution in [3.05, 3.63) is 35.4 Å². The quantitative estimate of drug-likeness (QED) is 0.830. The zero-order valence-electron chi connectivity index (χ0n) is 9.26. The SMILES string of the molecule is FC(F)(F)c1ccccc1C1CSCCCN1. The molecule has 1 aliphatic heterocycles. The summed E-state index contributed by atoms with van der Waals surface area (Å²) in [6.07, 6.45) is -3.26. The van der Waals surface area contributed by atoms with Gasteiger partial charge in [-0.25, -0.2) is 0 Å². The van der Waals surface area contributed by atoms with E-state index in [1.807, 2.05) is 0 Å². The van der Waals surface area contributed by atoms with Gasteiger partial charge in [0, 0.05) is 11.8 Å². The first kappa shape index (κ1) is 12.8. The Bertz CT molecular complexity index is 370. The van der Waals surface area contributed by atoms with Crippen LogP contribution in [0, 0.1) is 0 Å². The second-order valence-electron chi connectivity index (χ2n) is 4.02. The van der Waals surface area contributed by atoms with Crippen molar-refractivity contribution in [2.24, 2.45) is 0 Å². The molecule has 1 aromatic rings. The summed E-state index contributed by atoms with van der Waals surface area (Å²) in [5.74, 6) is 1.71. The Morgan fingerprint density at radius 2 is 2.00 bits per heavy atom. The van der Waals surface area contributed by atoms with E-state index >= 15 is 0 Å². The van der Waals surface area contributed by atoms with Crippen LogP contribution >= 0.6 is 11.8 Å². The molecule has 1 aromatic carbocycles. The van der Waals surface area contributed by atoms with Crippen LogP contribution in [-0.2, 0) is 6.18 Å². The normalized spacial score (nSPS) is 22.2. The summed E-state index contributed by atoms with van der Waals surface area (Å²) < 4.78 is 38.6. The molecule has 1 saturated heterocycles. The fourth-order valence-electron chi connectivity index (χ4n) is 1.97. The van der Waals surface area contributed by atoms with Crippen LogP contribution in [0.2, 0.25) is 0 Å². The number of rotatable bonds is 1. The van der Waals surface area contributed by atoms with Crippen LogP contribution in [0.25, 0.3) is 0 Å². The van der Waals surface area contributed by atoms with E-state index in [2.05, 4.69) is 5.32 Å². The van der Waals surface area contributed by atoms with E-state index in [-0.39, 0.29) is 6.04 Å². The van der Waals surface area contributed by atoms with Gasteiger partial charge < -0.3 is 5.32 Å². The Labute approximate surface area is 103 Å². The molecule has 17 heavy (non-hydrogen) atoms. The monoisotopic (exact) mass is 261 g/mol. The Morgan fingerprint density at radius 1 is 1.24 bits per heavy atom. The molecule has 0 radical (unpaired) electrons. The smallest absolute Gasteiger partial charge is 0.309 e. The Hall–Kier alpha value is -0.680. The van der Waals surface area contributed by atoms with Crippen molar-refractivity contribution >= 4 is 11.8 Å². The molecule has 0 saturated carbocycles. The van der Waals surface area contributed by atoms with Gasteiger partial charge in [0.1, 0.15) is 0 Å². The maximum absolute atomic E-state index is 12.9. The van der Waals surface area contributed by atoms with E-state index in [1.54, 1.807) is 23.9 Å². The van der Waals surface area contributed by atoms with Gasteiger partial charge in [0.2, 0.25) is 0 Å². The van der Waals surface area contributed by atoms with Gasteiger partial charge in [-0.15, -0.1) is 0 Å². The maximum atomic E-state index is 12.9. The van der Waals surface area contributed by atoms with E-state index in [1.165, 1.54) is 6.07 Å². The van der Waals surface area contributed by atoms with E-state index in [0.717, 1.165) is 24.8 Å². The van der Waals surface area contributed by atoms with Crippen molar-refractivity contribution in [3.63, 3.8) is 0 Å². The van der Waals surface area contributed by atoms with Crippen molar-refractivity contribution in [3.8, 4) is 0 Å². The first-order valence-corrected chi connectivity index (χ1v) is 6.72. The highest BCUT2D eigenvalue weighted by Gasteiger charge is 2.34. The minimum absolute atomic E-state index is 0.194. The summed E-state index contributed by atoms with van der Waals surface area (Å²) in [5.41, 5.74) is -0.144. The third-order valence-corrected chi connectivity index (χ3v) is 3.93. The largest absolute Gasteiger partial charge is 0.416 e. The summed E-state index contributed by atoms with van der Waals surface area (Å²) in [5, 5.41) is 3.19. The molecule has 5 heteroatoms. The van der Waals surface area contributed by atoms with Crippen LogP contribution in [0.3, 0.4) is 0 Å². The summed E-state index contributed by atoms with van der Waals surface area (Å²) in [6, 6.07) is 5.65. The number of benzene rings is 1. The lowest BCUT2D eigenvalue weighted by molar-refractivity contribution is -0.138. The summed E-state index contributed by atoms with van der Waals surface area (Å²) in [7, 11) is 0. The fourth-order valence-corrected chi connectivity index (χ4v) is 3.02. The zero-order valence-corrected chi connectivity index (χ0v) is 10.1. The molecule has 0 amide bonds. The third kappa shape index (κ3) is 3.16. The van der Waals surface area contributed by atoms with Crippen LogP contribution in [0.5, 0.6) is 0 Å². The maximum Gasteiger partial charge on any atom is 0.416 e. The zero-order chi connectivity index (χ0) is 12.3. The van der Waals surface area contributed by atoms with E-state index < -0.39 is 11.7 Å². The van der Waals surface area contributed by atoms with Gasteiger partial charge in [0.25, 0.3) is 0 Å². The number of hydrogen-bond acceptors (Lipinski definition) is 2. The average Bonchev–Trinajstić information content (AvgIpc) is 2.56. The summed E-state index contributed by atoms with van der Waals surface area (Å²) in [4.78, 5) is 0. The first-order chi connectivity index (χ1) is 8.09. The molecular weight excluding hydrogens is 247 g/mol. The van der Waals surface area contributed by atoms with Crippen molar-refractivity contribution in [1.82, 2.24) is 5.32 Å². The van der Waals surface area contributed by atoms with Crippen LogP contribution in [0.1, 0.15) is 23.6 Å². The van der Waals surface area contributed by atoms with Crippen molar-refractivity contribution in [1.29, 1.82) is 0 Å². The Balaban J connectivity index is 2.30. The standard InChI is InChI=1S/C12H14F3NS/c13-12(14,15)10-5-2-1-4-9(10)11-8-17-7-3-6-16-11/h1-2,4-5,11,16H,3,6-8H2. The molecule has 94 valence electrons. The van der Waals surface area contributed by atoms with Gasteiger partial charge in [-0.2, -0.15) is 24.9 Å². The number of nitrogens with one attached hydrogen (secondary N) is 1. The number of thioether (sulfide) groups is 1. The van der Waals surface area contributed by atoms with Gasteiger partial charge in [-0.05, 0) is 30.3 Å². The minimum Gasteiger partial charge on any atom is -0.309 e. The molecule has 1 N–H and O–H groups in total. The molecule has 0 aromatic heterocycles. The molecule has 1 atom stereocenters. The molecule has 0 spiro atoms. The van der Waals surface area contributed by atoms with Gasteiger partial charge in [-0.1, -0.05) is 18.2 Å². The summed E-state index contributed by atoms with van der Waals surface area (Å²) in [6.45, 7) is 0.782. The topological polar surface area (TPSA) is 12.0 Å². The minimum atomic E-state index is -4.27. The molecule has 1 unspecified atom stereocenters. The lowest BCUT2D eigenvalue weighted by atomic mass is 10.0. The molecule has 0 bridgehead atoms. The average molecular weight is 261 g/mol. The van der Waals surface area contributed by atoms with Crippen LogP contribution in [-0.4, -0.2) is 18.1 Å². The lowest BCUT2D eigenvalue weighted by Crippen LogP contribution is -2.25. The molecule has 0 aliphatic carbocycles. The van der Waals surface area contributed by atoms with E-state index in [0.29, 0.717) is 11.3 Å². The highest BCUT2D eigenvalue weighted by molar-refractivity contribution is 7.99. The fraction of sp³-hybridized carbons (Fsp3) is 0.500. The number of halogens is 3. The molecule has 1 nitrogen and oxygen atoms in total. The predicted octanol–water partition coefficient (Wildman–Crippen LogP) is 3.47. The Morgan fingerprint density at radius 3 is 2.76 bits per heavy atom. The number of hydrogen-bond donors (Lipinski definition) is 1. The third-order valence-electron chi connectivity index (χ3n) is 2.78. The molecule has 1 heterocycles. The van der Waals surface area contributed by atoms with Crippen molar-refractivity contribution in [2.75, 3.05) is 18.1 Å². The van der Waals surface area contributed by atoms with Gasteiger partial charge in [0.15, 0.2) is 0 Å². The van der Waals surface area contributed by atoms with Gasteiger partial charge >= 0.3 is 6.18 Å². The predicted molar refractivity (Wildman–Crippen MR) is 64.1 cm³/mol. The van der Waals surface area contributed by atoms with E-state index in [4.69, 9.17) is 0 Å².